The Morgan fingerprint density at radius 1 is 0.356 bits per heavy atom. The van der Waals surface area contributed by atoms with E-state index in [0.29, 0.717) is 45.3 Å². The van der Waals surface area contributed by atoms with Crippen molar-refractivity contribution in [2.24, 2.45) is 0 Å². The molecule has 6 heteroatoms. The largest absolute Gasteiger partial charge is 0.457 e. The first-order valence-corrected chi connectivity index (χ1v) is 19.3. The van der Waals surface area contributed by atoms with Crippen LogP contribution in [0.15, 0.2) is 190 Å². The smallest absolute Gasteiger partial charge is 0.197 e. The molecule has 59 heavy (non-hydrogen) atoms. The molecule has 8 aromatic rings. The highest BCUT2D eigenvalue weighted by Gasteiger charge is 2.46. The Kier molecular flexibility index (Phi) is 7.59. The van der Waals surface area contributed by atoms with Crippen molar-refractivity contribution in [3.63, 3.8) is 0 Å². The normalized spacial score (nSPS) is 14.6. The van der Waals surface area contributed by atoms with Gasteiger partial charge in [-0.2, -0.15) is 0 Å². The van der Waals surface area contributed by atoms with Crippen LogP contribution in [0.2, 0.25) is 0 Å². The molecule has 2 heterocycles. The van der Waals surface area contributed by atoms with E-state index in [2.05, 4.69) is 72.8 Å². The van der Waals surface area contributed by atoms with Gasteiger partial charge in [-0.15, -0.1) is 0 Å². The number of carbonyl (C=O) groups excluding carboxylic acids is 4. The van der Waals surface area contributed by atoms with E-state index in [1.54, 1.807) is 60.7 Å². The first-order chi connectivity index (χ1) is 28.9. The summed E-state index contributed by atoms with van der Waals surface area (Å²) in [6, 6.07) is 54.6. The van der Waals surface area contributed by atoms with Gasteiger partial charge in [0.15, 0.2) is 23.1 Å². The Morgan fingerprint density at radius 2 is 0.712 bits per heavy atom. The number of benzene rings is 6. The van der Waals surface area contributed by atoms with E-state index < -0.39 is 5.41 Å². The van der Waals surface area contributed by atoms with Crippen LogP contribution in [0.1, 0.15) is 75.2 Å². The van der Waals surface area contributed by atoms with E-state index in [1.807, 2.05) is 36.4 Å². The molecule has 0 saturated carbocycles. The highest BCUT2D eigenvalue weighted by Crippen LogP contribution is 2.57. The molecule has 6 aromatic carbocycles. The molecule has 3 aliphatic carbocycles. The number of fused-ring (bicyclic) bond motifs is 5. The fraction of sp³-hybridized carbons (Fsp3) is 0.0189. The number of allylic oxidation sites excluding steroid dienone is 2. The topological polar surface area (TPSA) is 94.6 Å². The molecule has 0 unspecified atom stereocenters. The molecule has 0 aliphatic heterocycles. The number of Topliss-reactive ketones (excluding diaryl/α,β-unsaturated/α-hetero) is 4. The van der Waals surface area contributed by atoms with Crippen LogP contribution in [-0.4, -0.2) is 23.1 Å². The molecule has 0 bridgehead atoms. The van der Waals surface area contributed by atoms with Gasteiger partial charge in [0.2, 0.25) is 0 Å². The van der Waals surface area contributed by atoms with E-state index >= 15 is 0 Å². The number of furan rings is 2. The molecule has 0 saturated heterocycles. The Labute approximate surface area is 338 Å². The molecule has 0 amide bonds. The zero-order valence-electron chi connectivity index (χ0n) is 31.3. The number of rotatable bonds is 6. The lowest BCUT2D eigenvalue weighted by Gasteiger charge is -2.34. The van der Waals surface area contributed by atoms with E-state index in [1.165, 1.54) is 12.2 Å². The van der Waals surface area contributed by atoms with Gasteiger partial charge in [-0.25, -0.2) is 0 Å². The van der Waals surface area contributed by atoms with E-state index in [4.69, 9.17) is 8.83 Å². The van der Waals surface area contributed by atoms with Crippen LogP contribution in [0.3, 0.4) is 0 Å². The summed E-state index contributed by atoms with van der Waals surface area (Å²) in [5.41, 5.74) is 9.14. The molecular formula is C53H30O6. The third-order valence-electron chi connectivity index (χ3n) is 11.8. The standard InChI is InChI=1S/C53H30O6/c54-49-39-15-7-8-16-40(39)50(55)43(49)29-35-21-25-47(58-35)31-19-23-37-38-24-20-32(48-26-22-36(59-48)30-44-51(56)41-17-9-10-18-42(41)52(44)57)28-46(38)53(45(37)27-31,33-11-3-1-4-12-33)34-13-5-2-6-14-34/h1-30H. The maximum Gasteiger partial charge on any atom is 0.197 e. The van der Waals surface area contributed by atoms with Gasteiger partial charge < -0.3 is 8.83 Å². The van der Waals surface area contributed by atoms with Gasteiger partial charge in [0.05, 0.1) is 16.6 Å². The Hall–Kier alpha value is -7.96. The summed E-state index contributed by atoms with van der Waals surface area (Å²) >= 11 is 0. The second-order valence-electron chi connectivity index (χ2n) is 14.9. The fourth-order valence-corrected chi connectivity index (χ4v) is 9.06. The summed E-state index contributed by atoms with van der Waals surface area (Å²) in [6.45, 7) is 0. The van der Waals surface area contributed by atoms with Gasteiger partial charge in [0.25, 0.3) is 0 Å². The quantitative estimate of drug-likeness (QED) is 0.124. The predicted octanol–water partition coefficient (Wildman–Crippen LogP) is 11.5. The van der Waals surface area contributed by atoms with Crippen LogP contribution in [0, 0.1) is 0 Å². The average molecular weight is 763 g/mol. The molecule has 0 spiro atoms. The van der Waals surface area contributed by atoms with Crippen molar-refractivity contribution >= 4 is 35.3 Å². The average Bonchev–Trinajstić information content (AvgIpc) is 4.11. The third-order valence-corrected chi connectivity index (χ3v) is 11.8. The van der Waals surface area contributed by atoms with Gasteiger partial charge in [-0.3, -0.25) is 19.2 Å². The maximum atomic E-state index is 13.1. The predicted molar refractivity (Wildman–Crippen MR) is 225 cm³/mol. The molecular weight excluding hydrogens is 733 g/mol. The van der Waals surface area contributed by atoms with Crippen molar-refractivity contribution in [2.75, 3.05) is 0 Å². The minimum Gasteiger partial charge on any atom is -0.457 e. The Balaban J connectivity index is 1.02. The molecule has 0 atom stereocenters. The summed E-state index contributed by atoms with van der Waals surface area (Å²) in [4.78, 5) is 52.6. The van der Waals surface area contributed by atoms with Gasteiger partial charge >= 0.3 is 0 Å². The van der Waals surface area contributed by atoms with Gasteiger partial charge in [0, 0.05) is 33.4 Å². The summed E-state index contributed by atoms with van der Waals surface area (Å²) < 4.78 is 12.7. The summed E-state index contributed by atoms with van der Waals surface area (Å²) in [7, 11) is 0. The molecule has 278 valence electrons. The lowest BCUT2D eigenvalue weighted by molar-refractivity contribution is 0.0974. The van der Waals surface area contributed by atoms with Crippen LogP contribution in [0.5, 0.6) is 0 Å². The lowest BCUT2D eigenvalue weighted by Crippen LogP contribution is -2.28. The van der Waals surface area contributed by atoms with Crippen LogP contribution in [0.25, 0.3) is 45.9 Å². The number of carbonyl (C=O) groups is 4. The third kappa shape index (κ3) is 5.13. The second kappa shape index (κ2) is 13.0. The van der Waals surface area contributed by atoms with Gasteiger partial charge in [-0.05, 0) is 81.9 Å². The number of hydrogen-bond donors (Lipinski definition) is 0. The van der Waals surface area contributed by atoms with Crippen molar-refractivity contribution in [2.45, 2.75) is 5.41 Å². The highest BCUT2D eigenvalue weighted by atomic mass is 16.3. The zero-order chi connectivity index (χ0) is 39.8. The van der Waals surface area contributed by atoms with Crippen molar-refractivity contribution in [1.82, 2.24) is 0 Å². The Morgan fingerprint density at radius 3 is 1.08 bits per heavy atom. The van der Waals surface area contributed by atoms with Gasteiger partial charge in [-0.1, -0.05) is 133 Å². The zero-order valence-corrected chi connectivity index (χ0v) is 31.3. The molecule has 0 radical (unpaired) electrons. The second-order valence-corrected chi connectivity index (χ2v) is 14.9. The van der Waals surface area contributed by atoms with E-state index in [9.17, 15) is 19.2 Å². The molecule has 0 fully saturated rings. The van der Waals surface area contributed by atoms with E-state index in [0.717, 1.165) is 44.5 Å². The highest BCUT2D eigenvalue weighted by molar-refractivity contribution is 6.42. The van der Waals surface area contributed by atoms with Crippen molar-refractivity contribution in [3.8, 4) is 33.8 Å². The number of ketones is 4. The minimum absolute atomic E-state index is 0.0888. The lowest BCUT2D eigenvalue weighted by atomic mass is 9.67. The minimum atomic E-state index is -0.753. The van der Waals surface area contributed by atoms with Crippen molar-refractivity contribution in [3.05, 3.63) is 237 Å². The first-order valence-electron chi connectivity index (χ1n) is 19.3. The van der Waals surface area contributed by atoms with Crippen molar-refractivity contribution < 1.29 is 28.0 Å². The van der Waals surface area contributed by atoms with Crippen LogP contribution in [-0.2, 0) is 5.41 Å². The molecule has 3 aliphatic rings. The maximum absolute atomic E-state index is 13.1. The molecule has 2 aromatic heterocycles. The summed E-state index contributed by atoms with van der Waals surface area (Å²) in [6.07, 6.45) is 3.08. The van der Waals surface area contributed by atoms with Crippen molar-refractivity contribution in [1.29, 1.82) is 0 Å². The Bertz CT molecular complexity index is 2880. The molecule has 11 rings (SSSR count). The first kappa shape index (κ1) is 34.3. The summed E-state index contributed by atoms with van der Waals surface area (Å²) in [5.74, 6) is 0.804. The number of hydrogen-bond acceptors (Lipinski definition) is 6. The van der Waals surface area contributed by atoms with Crippen LogP contribution in [0.4, 0.5) is 0 Å². The molecule has 0 N–H and O–H groups in total. The SMILES string of the molecule is O=C1C(=Cc2ccc(-c3ccc4c(c3)C(c3ccccc3)(c3ccccc3)c3cc(-c5ccc(C=C6C(=O)c7ccccc7C6=O)o5)ccc3-4)o2)C(=O)c2ccccc21. The molecule has 6 nitrogen and oxygen atoms in total. The van der Waals surface area contributed by atoms with Crippen LogP contribution < -0.4 is 0 Å². The summed E-state index contributed by atoms with van der Waals surface area (Å²) in [5, 5.41) is 0. The van der Waals surface area contributed by atoms with E-state index in [-0.39, 0.29) is 34.3 Å². The fourth-order valence-electron chi connectivity index (χ4n) is 9.06. The van der Waals surface area contributed by atoms with Gasteiger partial charge in [0.1, 0.15) is 23.0 Å². The van der Waals surface area contributed by atoms with Crippen LogP contribution >= 0.6 is 0 Å². The monoisotopic (exact) mass is 762 g/mol.